The largest absolute Gasteiger partial charge is 0.0802 e. The van der Waals surface area contributed by atoms with Crippen molar-refractivity contribution in [2.75, 3.05) is 0 Å². The average molecular weight is 156 g/mol. The first-order valence-electron chi connectivity index (χ1n) is 4.72. The van der Waals surface area contributed by atoms with Crippen LogP contribution >= 0.6 is 0 Å². The maximum Gasteiger partial charge on any atom is -0.00927 e. The summed E-state index contributed by atoms with van der Waals surface area (Å²) in [5, 5.41) is 0. The molecule has 1 fully saturated rings. The quantitative estimate of drug-likeness (QED) is 0.541. The van der Waals surface area contributed by atoms with Gasteiger partial charge in [-0.1, -0.05) is 36.4 Å². The van der Waals surface area contributed by atoms with Crippen molar-refractivity contribution in [1.29, 1.82) is 0 Å². The van der Waals surface area contributed by atoms with Crippen LogP contribution in [0.15, 0.2) is 30.3 Å². The molecule has 2 unspecified atom stereocenters. The van der Waals surface area contributed by atoms with Crippen molar-refractivity contribution < 1.29 is 0 Å². The van der Waals surface area contributed by atoms with Gasteiger partial charge in [-0.25, -0.2) is 0 Å². The fourth-order valence-corrected chi connectivity index (χ4v) is 2.37. The van der Waals surface area contributed by atoms with Crippen LogP contribution in [0.25, 0.3) is 6.08 Å². The van der Waals surface area contributed by atoms with Crippen LogP contribution in [0.3, 0.4) is 0 Å². The molecule has 2 aliphatic carbocycles. The first kappa shape index (κ1) is 6.47. The van der Waals surface area contributed by atoms with Gasteiger partial charge in [0.25, 0.3) is 0 Å². The van der Waals surface area contributed by atoms with Crippen LogP contribution in [-0.2, 0) is 0 Å². The number of fused-ring (bicyclic) bond motifs is 3. The number of allylic oxidation sites excluding steroid dienone is 1. The van der Waals surface area contributed by atoms with Crippen molar-refractivity contribution >= 4 is 6.08 Å². The van der Waals surface area contributed by atoms with E-state index in [0.717, 1.165) is 11.8 Å². The minimum atomic E-state index is 0.853. The van der Waals surface area contributed by atoms with Gasteiger partial charge in [0.1, 0.15) is 0 Å². The highest BCUT2D eigenvalue weighted by Gasteiger charge is 2.33. The Hall–Kier alpha value is -1.04. The highest BCUT2D eigenvalue weighted by atomic mass is 14.4. The minimum absolute atomic E-state index is 0.853. The van der Waals surface area contributed by atoms with E-state index in [9.17, 15) is 0 Å². The van der Waals surface area contributed by atoms with E-state index in [1.807, 2.05) is 0 Å². The van der Waals surface area contributed by atoms with E-state index in [-0.39, 0.29) is 0 Å². The molecule has 3 rings (SSSR count). The SMILES string of the molecule is C1=CC2CCC2c2ccccc21. The third-order valence-electron chi connectivity index (χ3n) is 3.25. The summed E-state index contributed by atoms with van der Waals surface area (Å²) in [5.74, 6) is 1.71. The lowest BCUT2D eigenvalue weighted by atomic mass is 9.66. The zero-order valence-corrected chi connectivity index (χ0v) is 7.03. The van der Waals surface area contributed by atoms with Gasteiger partial charge >= 0.3 is 0 Å². The fourth-order valence-electron chi connectivity index (χ4n) is 2.37. The van der Waals surface area contributed by atoms with E-state index in [0.29, 0.717) is 0 Å². The molecule has 0 aliphatic heterocycles. The molecule has 0 radical (unpaired) electrons. The van der Waals surface area contributed by atoms with E-state index in [2.05, 4.69) is 36.4 Å². The van der Waals surface area contributed by atoms with Gasteiger partial charge in [0.05, 0.1) is 0 Å². The van der Waals surface area contributed by atoms with Gasteiger partial charge < -0.3 is 0 Å². The summed E-state index contributed by atoms with van der Waals surface area (Å²) in [5.41, 5.74) is 3.02. The molecule has 12 heavy (non-hydrogen) atoms. The molecule has 1 saturated carbocycles. The topological polar surface area (TPSA) is 0 Å². The molecule has 60 valence electrons. The molecule has 0 heterocycles. The second-order valence-corrected chi connectivity index (χ2v) is 3.84. The van der Waals surface area contributed by atoms with Crippen LogP contribution in [-0.4, -0.2) is 0 Å². The molecule has 0 bridgehead atoms. The molecule has 0 spiro atoms. The monoisotopic (exact) mass is 156 g/mol. The second-order valence-electron chi connectivity index (χ2n) is 3.84. The zero-order valence-electron chi connectivity index (χ0n) is 7.03. The molecule has 1 aromatic carbocycles. The van der Waals surface area contributed by atoms with Gasteiger partial charge in [0, 0.05) is 0 Å². The van der Waals surface area contributed by atoms with Crippen LogP contribution in [0.5, 0.6) is 0 Å². The molecular weight excluding hydrogens is 144 g/mol. The fraction of sp³-hybridized carbons (Fsp3) is 0.333. The molecule has 0 aromatic heterocycles. The Morgan fingerprint density at radius 1 is 1.08 bits per heavy atom. The number of hydrogen-bond donors (Lipinski definition) is 0. The van der Waals surface area contributed by atoms with Gasteiger partial charge in [-0.3, -0.25) is 0 Å². The Kier molecular flexibility index (Phi) is 1.20. The average Bonchev–Trinajstić information content (AvgIpc) is 2.05. The Morgan fingerprint density at radius 3 is 2.83 bits per heavy atom. The molecule has 0 amide bonds. The number of hydrogen-bond acceptors (Lipinski definition) is 0. The maximum absolute atomic E-state index is 2.39. The van der Waals surface area contributed by atoms with Crippen LogP contribution in [0.4, 0.5) is 0 Å². The van der Waals surface area contributed by atoms with Gasteiger partial charge in [-0.15, -0.1) is 0 Å². The molecule has 0 N–H and O–H groups in total. The molecular formula is C12H12. The lowest BCUT2D eigenvalue weighted by molar-refractivity contribution is 0.314. The van der Waals surface area contributed by atoms with Gasteiger partial charge in [-0.05, 0) is 35.8 Å². The lowest BCUT2D eigenvalue weighted by Crippen LogP contribution is -2.24. The lowest BCUT2D eigenvalue weighted by Gasteiger charge is -2.38. The van der Waals surface area contributed by atoms with Crippen molar-refractivity contribution in [3.8, 4) is 0 Å². The molecule has 0 nitrogen and oxygen atoms in total. The molecule has 0 saturated heterocycles. The first-order valence-corrected chi connectivity index (χ1v) is 4.72. The van der Waals surface area contributed by atoms with Crippen LogP contribution in [0, 0.1) is 5.92 Å². The van der Waals surface area contributed by atoms with Crippen molar-refractivity contribution in [1.82, 2.24) is 0 Å². The first-order chi connectivity index (χ1) is 5.95. The summed E-state index contributed by atoms with van der Waals surface area (Å²) in [4.78, 5) is 0. The summed E-state index contributed by atoms with van der Waals surface area (Å²) in [6.45, 7) is 0. The molecule has 1 aromatic rings. The third-order valence-corrected chi connectivity index (χ3v) is 3.25. The maximum atomic E-state index is 2.39. The van der Waals surface area contributed by atoms with E-state index in [1.54, 1.807) is 5.56 Å². The molecule has 2 aliphatic rings. The molecule has 2 atom stereocenters. The smallest absolute Gasteiger partial charge is 0.00927 e. The number of rotatable bonds is 0. The van der Waals surface area contributed by atoms with Crippen LogP contribution in [0.1, 0.15) is 29.9 Å². The second kappa shape index (κ2) is 2.22. The Balaban J connectivity index is 2.16. The predicted octanol–water partition coefficient (Wildman–Crippen LogP) is 3.21. The summed E-state index contributed by atoms with van der Waals surface area (Å²) in [6.07, 6.45) is 7.47. The van der Waals surface area contributed by atoms with E-state index in [4.69, 9.17) is 0 Å². The Bertz CT molecular complexity index is 336. The van der Waals surface area contributed by atoms with Crippen molar-refractivity contribution in [2.24, 2.45) is 5.92 Å². The third kappa shape index (κ3) is 0.726. The Morgan fingerprint density at radius 2 is 2.00 bits per heavy atom. The van der Waals surface area contributed by atoms with Crippen LogP contribution in [0.2, 0.25) is 0 Å². The van der Waals surface area contributed by atoms with E-state index < -0.39 is 0 Å². The van der Waals surface area contributed by atoms with Crippen molar-refractivity contribution in [3.63, 3.8) is 0 Å². The Labute approximate surface area is 72.9 Å². The molecule has 0 heteroatoms. The summed E-state index contributed by atoms with van der Waals surface area (Å²) >= 11 is 0. The summed E-state index contributed by atoms with van der Waals surface area (Å²) < 4.78 is 0. The summed E-state index contributed by atoms with van der Waals surface area (Å²) in [6, 6.07) is 8.80. The van der Waals surface area contributed by atoms with E-state index >= 15 is 0 Å². The highest BCUT2D eigenvalue weighted by Crippen LogP contribution is 2.47. The van der Waals surface area contributed by atoms with E-state index in [1.165, 1.54) is 18.4 Å². The van der Waals surface area contributed by atoms with Crippen LogP contribution < -0.4 is 0 Å². The highest BCUT2D eigenvalue weighted by molar-refractivity contribution is 5.59. The van der Waals surface area contributed by atoms with Gasteiger partial charge in [0.15, 0.2) is 0 Å². The van der Waals surface area contributed by atoms with Gasteiger partial charge in [-0.2, -0.15) is 0 Å². The number of benzene rings is 1. The predicted molar refractivity (Wildman–Crippen MR) is 50.9 cm³/mol. The zero-order chi connectivity index (χ0) is 7.97. The van der Waals surface area contributed by atoms with Crippen molar-refractivity contribution in [2.45, 2.75) is 18.8 Å². The van der Waals surface area contributed by atoms with Gasteiger partial charge in [0.2, 0.25) is 0 Å². The minimum Gasteiger partial charge on any atom is -0.0802 e. The normalized spacial score (nSPS) is 30.3. The summed E-state index contributed by atoms with van der Waals surface area (Å²) in [7, 11) is 0. The van der Waals surface area contributed by atoms with Crippen molar-refractivity contribution in [3.05, 3.63) is 41.5 Å². The standard InChI is InChI=1S/C12H12/c1-2-4-11-9(3-1)5-6-10-7-8-12(10)11/h1-6,10,12H,7-8H2.